The highest BCUT2D eigenvalue weighted by Gasteiger charge is 2.17. The number of rotatable bonds is 9. The van der Waals surface area contributed by atoms with Crippen LogP contribution in [0.15, 0.2) is 4.42 Å². The zero-order valence-electron chi connectivity index (χ0n) is 12.6. The predicted molar refractivity (Wildman–Crippen MR) is 75.2 cm³/mol. The van der Waals surface area contributed by atoms with Gasteiger partial charge in [0.05, 0.1) is 13.2 Å². The summed E-state index contributed by atoms with van der Waals surface area (Å²) in [6, 6.07) is 0.964. The molecule has 1 rings (SSSR count). The molecular weight excluding hydrogens is 244 g/mol. The zero-order valence-corrected chi connectivity index (χ0v) is 12.6. The number of nitrogens with one attached hydrogen (secondary N) is 1. The van der Waals surface area contributed by atoms with E-state index in [9.17, 15) is 0 Å². The fraction of sp³-hybridized carbons (Fsp3) is 0.846. The SMILES string of the molecule is COCCNCc1nnc(N(C)C(C)CC(C)C)o1. The van der Waals surface area contributed by atoms with Crippen molar-refractivity contribution in [2.24, 2.45) is 5.92 Å². The van der Waals surface area contributed by atoms with E-state index in [2.05, 4.69) is 36.3 Å². The maximum Gasteiger partial charge on any atom is 0.318 e. The number of methoxy groups -OCH3 is 1. The van der Waals surface area contributed by atoms with E-state index >= 15 is 0 Å². The van der Waals surface area contributed by atoms with Gasteiger partial charge in [0, 0.05) is 26.7 Å². The van der Waals surface area contributed by atoms with E-state index in [1.54, 1.807) is 7.11 Å². The summed E-state index contributed by atoms with van der Waals surface area (Å²) in [5, 5.41) is 11.3. The molecule has 0 bridgehead atoms. The molecule has 0 aliphatic rings. The van der Waals surface area contributed by atoms with Crippen molar-refractivity contribution in [3.63, 3.8) is 0 Å². The fourth-order valence-corrected chi connectivity index (χ4v) is 1.86. The molecule has 1 N–H and O–H groups in total. The summed E-state index contributed by atoms with van der Waals surface area (Å²) in [6.45, 7) is 8.61. The van der Waals surface area contributed by atoms with Gasteiger partial charge in [-0.1, -0.05) is 18.9 Å². The van der Waals surface area contributed by atoms with Crippen molar-refractivity contribution in [1.29, 1.82) is 0 Å². The summed E-state index contributed by atoms with van der Waals surface area (Å²) < 4.78 is 10.6. The molecule has 0 saturated carbocycles. The molecule has 1 atom stereocenters. The maximum absolute atomic E-state index is 5.63. The van der Waals surface area contributed by atoms with Gasteiger partial charge in [-0.3, -0.25) is 0 Å². The van der Waals surface area contributed by atoms with Crippen LogP contribution in [0.4, 0.5) is 6.01 Å². The molecule has 0 saturated heterocycles. The molecule has 19 heavy (non-hydrogen) atoms. The molecule has 0 radical (unpaired) electrons. The van der Waals surface area contributed by atoms with Crippen LogP contribution in [-0.4, -0.2) is 43.5 Å². The lowest BCUT2D eigenvalue weighted by atomic mass is 10.0. The minimum absolute atomic E-state index is 0.384. The molecule has 1 unspecified atom stereocenters. The van der Waals surface area contributed by atoms with Crippen molar-refractivity contribution in [2.75, 3.05) is 32.2 Å². The van der Waals surface area contributed by atoms with Gasteiger partial charge in [0.25, 0.3) is 0 Å². The Morgan fingerprint density at radius 1 is 1.32 bits per heavy atom. The van der Waals surface area contributed by atoms with Crippen LogP contribution in [0.3, 0.4) is 0 Å². The number of hydrogen-bond donors (Lipinski definition) is 1. The van der Waals surface area contributed by atoms with Gasteiger partial charge < -0.3 is 19.4 Å². The van der Waals surface area contributed by atoms with Crippen LogP contribution in [0.2, 0.25) is 0 Å². The van der Waals surface area contributed by atoms with E-state index < -0.39 is 0 Å². The molecule has 0 fully saturated rings. The van der Waals surface area contributed by atoms with Gasteiger partial charge in [-0.15, -0.1) is 5.10 Å². The number of hydrogen-bond acceptors (Lipinski definition) is 6. The quantitative estimate of drug-likeness (QED) is 0.689. The van der Waals surface area contributed by atoms with Crippen molar-refractivity contribution in [2.45, 2.75) is 39.8 Å². The van der Waals surface area contributed by atoms with E-state index in [-0.39, 0.29) is 0 Å². The lowest BCUT2D eigenvalue weighted by molar-refractivity contribution is 0.198. The van der Waals surface area contributed by atoms with Gasteiger partial charge in [0.15, 0.2) is 0 Å². The smallest absolute Gasteiger partial charge is 0.318 e. The van der Waals surface area contributed by atoms with Crippen LogP contribution in [0.1, 0.15) is 33.1 Å². The summed E-state index contributed by atoms with van der Waals surface area (Å²) in [4.78, 5) is 2.03. The molecule has 0 aliphatic heterocycles. The first-order valence-corrected chi connectivity index (χ1v) is 6.79. The average molecular weight is 270 g/mol. The third-order valence-corrected chi connectivity index (χ3v) is 2.99. The van der Waals surface area contributed by atoms with Gasteiger partial charge in [0.2, 0.25) is 5.89 Å². The second-order valence-electron chi connectivity index (χ2n) is 5.24. The summed E-state index contributed by atoms with van der Waals surface area (Å²) in [6.07, 6.45) is 1.10. The lowest BCUT2D eigenvalue weighted by Crippen LogP contribution is -2.30. The summed E-state index contributed by atoms with van der Waals surface area (Å²) >= 11 is 0. The van der Waals surface area contributed by atoms with Crippen LogP contribution in [-0.2, 0) is 11.3 Å². The Labute approximate surface area is 115 Å². The molecule has 0 amide bonds. The third-order valence-electron chi connectivity index (χ3n) is 2.99. The van der Waals surface area contributed by atoms with E-state index in [1.807, 2.05) is 11.9 Å². The maximum atomic E-state index is 5.63. The molecular formula is C13H26N4O2. The number of aromatic nitrogens is 2. The highest BCUT2D eigenvalue weighted by atomic mass is 16.5. The van der Waals surface area contributed by atoms with Crippen molar-refractivity contribution in [3.05, 3.63) is 5.89 Å². The van der Waals surface area contributed by atoms with Crippen LogP contribution < -0.4 is 10.2 Å². The van der Waals surface area contributed by atoms with Gasteiger partial charge in [0.1, 0.15) is 0 Å². The van der Waals surface area contributed by atoms with Crippen LogP contribution >= 0.6 is 0 Å². The molecule has 0 aromatic carbocycles. The summed E-state index contributed by atoms with van der Waals surface area (Å²) in [7, 11) is 3.67. The Hall–Kier alpha value is -1.14. The molecule has 0 spiro atoms. The Bertz CT molecular complexity index is 354. The highest BCUT2D eigenvalue weighted by Crippen LogP contribution is 2.17. The zero-order chi connectivity index (χ0) is 14.3. The second-order valence-corrected chi connectivity index (χ2v) is 5.24. The summed E-state index contributed by atoms with van der Waals surface area (Å²) in [5.74, 6) is 1.25. The first kappa shape index (κ1) is 15.9. The largest absolute Gasteiger partial charge is 0.407 e. The molecule has 1 aromatic rings. The standard InChI is InChI=1S/C13H26N4O2/c1-10(2)8-11(3)17(4)13-16-15-12(19-13)9-14-6-7-18-5/h10-11,14H,6-9H2,1-5H3. The van der Waals surface area contributed by atoms with Crippen molar-refractivity contribution < 1.29 is 9.15 Å². The van der Waals surface area contributed by atoms with Crippen LogP contribution in [0.25, 0.3) is 0 Å². The lowest BCUT2D eigenvalue weighted by Gasteiger charge is -2.24. The monoisotopic (exact) mass is 270 g/mol. The van der Waals surface area contributed by atoms with Crippen molar-refractivity contribution >= 4 is 6.01 Å². The van der Waals surface area contributed by atoms with Gasteiger partial charge in [-0.25, -0.2) is 0 Å². The minimum Gasteiger partial charge on any atom is -0.407 e. The van der Waals surface area contributed by atoms with Crippen molar-refractivity contribution in [1.82, 2.24) is 15.5 Å². The topological polar surface area (TPSA) is 63.4 Å². The first-order valence-electron chi connectivity index (χ1n) is 6.79. The van der Waals surface area contributed by atoms with E-state index in [0.29, 0.717) is 37.0 Å². The molecule has 6 heteroatoms. The molecule has 110 valence electrons. The normalized spacial score (nSPS) is 12.9. The van der Waals surface area contributed by atoms with E-state index in [4.69, 9.17) is 9.15 Å². The number of anilines is 1. The van der Waals surface area contributed by atoms with E-state index in [0.717, 1.165) is 13.0 Å². The Kier molecular flexibility index (Phi) is 6.80. The van der Waals surface area contributed by atoms with Crippen LogP contribution in [0.5, 0.6) is 0 Å². The number of ether oxygens (including phenoxy) is 1. The van der Waals surface area contributed by atoms with Gasteiger partial charge in [-0.05, 0) is 19.3 Å². The Morgan fingerprint density at radius 3 is 2.68 bits per heavy atom. The molecule has 6 nitrogen and oxygen atoms in total. The van der Waals surface area contributed by atoms with Gasteiger partial charge >= 0.3 is 6.01 Å². The van der Waals surface area contributed by atoms with Gasteiger partial charge in [-0.2, -0.15) is 0 Å². The van der Waals surface area contributed by atoms with Crippen molar-refractivity contribution in [3.8, 4) is 0 Å². The summed E-state index contributed by atoms with van der Waals surface area (Å²) in [5.41, 5.74) is 0. The van der Waals surface area contributed by atoms with E-state index in [1.165, 1.54) is 0 Å². The average Bonchev–Trinajstić information content (AvgIpc) is 2.81. The van der Waals surface area contributed by atoms with Crippen LogP contribution in [0, 0.1) is 5.92 Å². The predicted octanol–water partition coefficient (Wildman–Crippen LogP) is 1.68. The minimum atomic E-state index is 0.384. The molecule has 0 aliphatic carbocycles. The molecule has 1 heterocycles. The first-order chi connectivity index (χ1) is 9.04. The Morgan fingerprint density at radius 2 is 2.05 bits per heavy atom. The fourth-order valence-electron chi connectivity index (χ4n) is 1.86. The molecule has 1 aromatic heterocycles. The highest BCUT2D eigenvalue weighted by molar-refractivity contribution is 5.23. The Balaban J connectivity index is 2.44. The number of nitrogens with zero attached hydrogens (tertiary/aromatic N) is 3. The third kappa shape index (κ3) is 5.57. The second kappa shape index (κ2) is 8.12.